The number of hydrogen-bond acceptors (Lipinski definition) is 4. The molecule has 9 heteroatoms. The number of guanidine groups is 1. The second-order valence-electron chi connectivity index (χ2n) is 7.32. The number of nitrogens with one attached hydrogen (secondary N) is 1. The number of nitrogens with zero attached hydrogens (tertiary/aromatic N) is 5. The quantitative estimate of drug-likeness (QED) is 0.376. The van der Waals surface area contributed by atoms with Crippen LogP contribution in [0.2, 0.25) is 0 Å². The van der Waals surface area contributed by atoms with Crippen molar-refractivity contribution in [3.05, 3.63) is 53.1 Å². The van der Waals surface area contributed by atoms with Gasteiger partial charge in [-0.05, 0) is 31.8 Å². The molecule has 1 atom stereocenters. The molecule has 0 saturated carbocycles. The van der Waals surface area contributed by atoms with Crippen molar-refractivity contribution in [3.8, 4) is 0 Å². The monoisotopic (exact) mass is 516 g/mol. The number of rotatable bonds is 5. The van der Waals surface area contributed by atoms with Gasteiger partial charge in [0, 0.05) is 51.1 Å². The Labute approximate surface area is 188 Å². The third kappa shape index (κ3) is 6.38. The van der Waals surface area contributed by atoms with Crippen molar-refractivity contribution in [1.29, 1.82) is 0 Å². The average Bonchev–Trinajstić information content (AvgIpc) is 3.11. The molecule has 0 spiro atoms. The molecule has 0 amide bonds. The van der Waals surface area contributed by atoms with Crippen molar-refractivity contribution in [2.75, 3.05) is 40.8 Å². The van der Waals surface area contributed by atoms with Crippen LogP contribution in [0.15, 0.2) is 35.6 Å². The molecule has 0 radical (unpaired) electrons. The fourth-order valence-corrected chi connectivity index (χ4v) is 3.36. The normalized spacial score (nSPS) is 17.4. The third-order valence-electron chi connectivity index (χ3n) is 4.72. The first-order valence-corrected chi connectivity index (χ1v) is 9.44. The summed E-state index contributed by atoms with van der Waals surface area (Å²) in [5.41, 5.74) is 2.79. The van der Waals surface area contributed by atoms with Gasteiger partial charge in [-0.1, -0.05) is 6.07 Å². The average molecular weight is 516 g/mol. The van der Waals surface area contributed by atoms with Crippen LogP contribution in [0.5, 0.6) is 0 Å². The van der Waals surface area contributed by atoms with Gasteiger partial charge in [0.1, 0.15) is 11.9 Å². The smallest absolute Gasteiger partial charge is 0.194 e. The van der Waals surface area contributed by atoms with E-state index in [1.54, 1.807) is 11.7 Å². The van der Waals surface area contributed by atoms with Gasteiger partial charge in [-0.15, -0.1) is 24.0 Å². The maximum Gasteiger partial charge on any atom is 0.194 e. The van der Waals surface area contributed by atoms with Gasteiger partial charge in [-0.25, -0.2) is 4.39 Å². The van der Waals surface area contributed by atoms with Gasteiger partial charge in [0.05, 0.1) is 19.3 Å². The fourth-order valence-electron chi connectivity index (χ4n) is 3.36. The van der Waals surface area contributed by atoms with Crippen molar-refractivity contribution in [3.63, 3.8) is 0 Å². The zero-order valence-electron chi connectivity index (χ0n) is 17.4. The van der Waals surface area contributed by atoms with Crippen LogP contribution in [-0.2, 0) is 24.9 Å². The molecule has 1 aliphatic heterocycles. The molecule has 1 aromatic carbocycles. The molecule has 3 rings (SSSR count). The van der Waals surface area contributed by atoms with Crippen LogP contribution < -0.4 is 5.32 Å². The number of ether oxygens (including phenoxy) is 1. The minimum absolute atomic E-state index is 0. The summed E-state index contributed by atoms with van der Waals surface area (Å²) >= 11 is 0. The van der Waals surface area contributed by atoms with Gasteiger partial charge >= 0.3 is 0 Å². The Balaban J connectivity index is 0.00000300. The van der Waals surface area contributed by atoms with Crippen molar-refractivity contribution >= 4 is 29.9 Å². The summed E-state index contributed by atoms with van der Waals surface area (Å²) in [6.45, 7) is 3.27. The Morgan fingerprint density at radius 2 is 2.21 bits per heavy atom. The SMILES string of the molecule is CN=C(NCc1ccc(F)c(CN(C)C)c1)N1CCOC(c2cnn(C)c2)C1.I. The molecule has 2 aromatic rings. The first kappa shape index (κ1) is 23.6. The van der Waals surface area contributed by atoms with Gasteiger partial charge in [0.15, 0.2) is 5.96 Å². The van der Waals surface area contributed by atoms with Crippen molar-refractivity contribution < 1.29 is 9.13 Å². The highest BCUT2D eigenvalue weighted by Crippen LogP contribution is 2.21. The van der Waals surface area contributed by atoms with E-state index in [4.69, 9.17) is 4.74 Å². The van der Waals surface area contributed by atoms with E-state index in [9.17, 15) is 4.39 Å². The fraction of sp³-hybridized carbons (Fsp3) is 0.500. The highest BCUT2D eigenvalue weighted by Gasteiger charge is 2.25. The van der Waals surface area contributed by atoms with Gasteiger partial charge in [0.2, 0.25) is 0 Å². The molecule has 1 fully saturated rings. The largest absolute Gasteiger partial charge is 0.370 e. The van der Waals surface area contributed by atoms with Gasteiger partial charge in [0.25, 0.3) is 0 Å². The molecule has 160 valence electrons. The maximum absolute atomic E-state index is 14.0. The molecule has 1 unspecified atom stereocenters. The summed E-state index contributed by atoms with van der Waals surface area (Å²) in [4.78, 5) is 8.57. The number of aliphatic imine (C=N–C) groups is 1. The topological polar surface area (TPSA) is 57.9 Å². The van der Waals surface area contributed by atoms with Gasteiger partial charge in [-0.2, -0.15) is 5.10 Å². The lowest BCUT2D eigenvalue weighted by Gasteiger charge is -2.34. The number of morpholine rings is 1. The van der Waals surface area contributed by atoms with Crippen molar-refractivity contribution in [2.24, 2.45) is 12.0 Å². The predicted molar refractivity (Wildman–Crippen MR) is 123 cm³/mol. The molecule has 29 heavy (non-hydrogen) atoms. The minimum Gasteiger partial charge on any atom is -0.370 e. The summed E-state index contributed by atoms with van der Waals surface area (Å²) in [5.74, 6) is 0.644. The van der Waals surface area contributed by atoms with Gasteiger partial charge < -0.3 is 19.9 Å². The second kappa shape index (κ2) is 10.9. The van der Waals surface area contributed by atoms with E-state index < -0.39 is 0 Å². The Morgan fingerprint density at radius 1 is 1.41 bits per heavy atom. The predicted octanol–water partition coefficient (Wildman–Crippen LogP) is 2.39. The standard InChI is InChI=1S/C20H29FN6O.HI/c1-22-20(23-10-15-5-6-18(21)16(9-15)12-25(2)3)27-7-8-28-19(14-27)17-11-24-26(4)13-17;/h5-6,9,11,13,19H,7-8,10,12,14H2,1-4H3,(H,22,23);1H. The van der Waals surface area contributed by atoms with E-state index in [-0.39, 0.29) is 35.9 Å². The lowest BCUT2D eigenvalue weighted by molar-refractivity contribution is -0.00805. The van der Waals surface area contributed by atoms with Gasteiger partial charge in [-0.3, -0.25) is 9.67 Å². The summed E-state index contributed by atoms with van der Waals surface area (Å²) in [5, 5.41) is 7.63. The Bertz CT molecular complexity index is 825. The molecule has 1 aliphatic rings. The summed E-state index contributed by atoms with van der Waals surface area (Å²) in [6.07, 6.45) is 3.79. The Hall–Kier alpha value is -1.72. The third-order valence-corrected chi connectivity index (χ3v) is 4.72. The van der Waals surface area contributed by atoms with Crippen molar-refractivity contribution in [2.45, 2.75) is 19.2 Å². The van der Waals surface area contributed by atoms with Crippen LogP contribution >= 0.6 is 24.0 Å². The van der Waals surface area contributed by atoms with E-state index in [0.717, 1.165) is 23.6 Å². The molecule has 2 heterocycles. The molecule has 7 nitrogen and oxygen atoms in total. The number of aryl methyl sites for hydroxylation is 1. The Morgan fingerprint density at radius 3 is 2.86 bits per heavy atom. The Kier molecular flexibility index (Phi) is 8.84. The van der Waals surface area contributed by atoms with E-state index in [1.807, 2.05) is 50.6 Å². The molecule has 1 aromatic heterocycles. The number of halogens is 2. The minimum atomic E-state index is -0.172. The molecule has 0 aliphatic carbocycles. The van der Waals surface area contributed by atoms with Crippen LogP contribution in [0.25, 0.3) is 0 Å². The van der Waals surface area contributed by atoms with E-state index in [0.29, 0.717) is 31.8 Å². The first-order chi connectivity index (χ1) is 13.5. The van der Waals surface area contributed by atoms with Crippen LogP contribution in [0.1, 0.15) is 22.8 Å². The summed E-state index contributed by atoms with van der Waals surface area (Å²) in [7, 11) is 7.55. The number of aromatic nitrogens is 2. The highest BCUT2D eigenvalue weighted by molar-refractivity contribution is 14.0. The lowest BCUT2D eigenvalue weighted by atomic mass is 10.1. The molecular formula is C20H30FIN6O. The first-order valence-electron chi connectivity index (χ1n) is 9.44. The van der Waals surface area contributed by atoms with Crippen LogP contribution in [-0.4, -0.2) is 66.4 Å². The van der Waals surface area contributed by atoms with E-state index in [1.165, 1.54) is 6.07 Å². The molecule has 1 saturated heterocycles. The highest BCUT2D eigenvalue weighted by atomic mass is 127. The summed E-state index contributed by atoms with van der Waals surface area (Å²) < 4.78 is 21.7. The zero-order valence-corrected chi connectivity index (χ0v) is 19.8. The zero-order chi connectivity index (χ0) is 20.1. The van der Waals surface area contributed by atoms with E-state index in [2.05, 4.69) is 20.3 Å². The lowest BCUT2D eigenvalue weighted by Crippen LogP contribution is -2.47. The van der Waals surface area contributed by atoms with Crippen LogP contribution in [0.3, 0.4) is 0 Å². The molecule has 1 N–H and O–H groups in total. The number of benzene rings is 1. The van der Waals surface area contributed by atoms with Crippen LogP contribution in [0.4, 0.5) is 4.39 Å². The number of hydrogen-bond donors (Lipinski definition) is 1. The molecule has 0 bridgehead atoms. The second-order valence-corrected chi connectivity index (χ2v) is 7.32. The van der Waals surface area contributed by atoms with Crippen LogP contribution in [0, 0.1) is 5.82 Å². The maximum atomic E-state index is 14.0. The van der Waals surface area contributed by atoms with Crippen molar-refractivity contribution in [1.82, 2.24) is 24.9 Å². The molecular weight excluding hydrogens is 486 g/mol. The summed E-state index contributed by atoms with van der Waals surface area (Å²) in [6, 6.07) is 5.26. The van der Waals surface area contributed by atoms with E-state index >= 15 is 0 Å².